The van der Waals surface area contributed by atoms with E-state index in [1.54, 1.807) is 0 Å². The van der Waals surface area contributed by atoms with E-state index >= 15 is 0 Å². The second kappa shape index (κ2) is 8.93. The summed E-state index contributed by atoms with van der Waals surface area (Å²) in [5.74, 6) is -6.80. The fraction of sp³-hybridized carbons (Fsp3) is 0.333. The Morgan fingerprint density at radius 3 is 2.28 bits per heavy atom. The molecule has 0 unspecified atom stereocenters. The van der Waals surface area contributed by atoms with Gasteiger partial charge in [0.1, 0.15) is 11.6 Å². The van der Waals surface area contributed by atoms with E-state index in [1.165, 1.54) is 18.2 Å². The van der Waals surface area contributed by atoms with Crippen molar-refractivity contribution >= 4 is 22.7 Å². The van der Waals surface area contributed by atoms with E-state index in [0.717, 1.165) is 31.7 Å². The normalized spacial score (nSPS) is 20.4. The number of fused-ring (bicyclic) bond motifs is 1. The minimum atomic E-state index is -1.59. The Morgan fingerprint density at radius 2 is 1.66 bits per heavy atom. The molecule has 0 radical (unpaired) electrons. The number of halogens is 5. The van der Waals surface area contributed by atoms with E-state index in [-0.39, 0.29) is 10.9 Å². The summed E-state index contributed by atoms with van der Waals surface area (Å²) in [7, 11) is 0. The zero-order valence-corrected chi connectivity index (χ0v) is 16.1. The average Bonchev–Trinajstić information content (AvgIpc) is 2.74. The largest absolute Gasteiger partial charge is 0.208 e. The van der Waals surface area contributed by atoms with Gasteiger partial charge < -0.3 is 0 Å². The summed E-state index contributed by atoms with van der Waals surface area (Å²) in [5.41, 5.74) is -0.814. The molecule has 1 aliphatic rings. The number of hydrogen-bond donors (Lipinski definition) is 0. The SMILES string of the molecule is C=CCCC1CCC(C(F)=C(F)c2cc3ccc(C=C)c(F)c3c(F)c2F)CC1. The Labute approximate surface area is 167 Å². The molecule has 0 bridgehead atoms. The van der Waals surface area contributed by atoms with Crippen molar-refractivity contribution in [2.24, 2.45) is 11.8 Å². The number of rotatable bonds is 6. The Balaban J connectivity index is 1.94. The molecule has 0 amide bonds. The van der Waals surface area contributed by atoms with Gasteiger partial charge in [-0.2, -0.15) is 0 Å². The maximum absolute atomic E-state index is 14.8. The van der Waals surface area contributed by atoms with Crippen molar-refractivity contribution in [1.82, 2.24) is 0 Å². The summed E-state index contributed by atoms with van der Waals surface area (Å²) in [6.45, 7) is 7.10. The molecule has 1 saturated carbocycles. The van der Waals surface area contributed by atoms with Crippen molar-refractivity contribution < 1.29 is 22.0 Å². The van der Waals surface area contributed by atoms with Crippen molar-refractivity contribution in [3.05, 3.63) is 71.8 Å². The summed E-state index contributed by atoms with van der Waals surface area (Å²) < 4.78 is 72.9. The van der Waals surface area contributed by atoms with Gasteiger partial charge in [-0.25, -0.2) is 22.0 Å². The van der Waals surface area contributed by atoms with Crippen LogP contribution in [0.2, 0.25) is 0 Å². The molecule has 1 fully saturated rings. The van der Waals surface area contributed by atoms with Gasteiger partial charge in [-0.3, -0.25) is 0 Å². The quantitative estimate of drug-likeness (QED) is 0.334. The standard InChI is InChI=1S/C24H23F5/c1-3-5-6-14-7-9-16(10-8-14)21(26)22(27)18-13-17-12-11-15(4-2)20(25)19(17)24(29)23(18)28/h3-4,11-14,16H,1-2,5-10H2. The third-order valence-corrected chi connectivity index (χ3v) is 5.80. The van der Waals surface area contributed by atoms with Crippen molar-refractivity contribution in [2.45, 2.75) is 38.5 Å². The fourth-order valence-electron chi connectivity index (χ4n) is 4.08. The monoisotopic (exact) mass is 406 g/mol. The Bertz CT molecular complexity index is 965. The van der Waals surface area contributed by atoms with Gasteiger partial charge >= 0.3 is 0 Å². The van der Waals surface area contributed by atoms with Gasteiger partial charge in [0.25, 0.3) is 0 Å². The number of hydrogen-bond acceptors (Lipinski definition) is 0. The van der Waals surface area contributed by atoms with Crippen LogP contribution in [0.25, 0.3) is 22.7 Å². The lowest BCUT2D eigenvalue weighted by molar-refractivity contribution is 0.263. The topological polar surface area (TPSA) is 0 Å². The van der Waals surface area contributed by atoms with Gasteiger partial charge in [-0.1, -0.05) is 30.9 Å². The van der Waals surface area contributed by atoms with Crippen LogP contribution in [0.4, 0.5) is 22.0 Å². The van der Waals surface area contributed by atoms with E-state index in [0.29, 0.717) is 18.8 Å². The molecular weight excluding hydrogens is 383 g/mol. The second-order valence-corrected chi connectivity index (χ2v) is 7.57. The fourth-order valence-corrected chi connectivity index (χ4v) is 4.08. The summed E-state index contributed by atoms with van der Waals surface area (Å²) in [4.78, 5) is 0. The third-order valence-electron chi connectivity index (χ3n) is 5.80. The molecule has 0 aromatic heterocycles. The van der Waals surface area contributed by atoms with Crippen LogP contribution in [-0.4, -0.2) is 0 Å². The summed E-state index contributed by atoms with van der Waals surface area (Å²) in [5, 5.41) is -0.641. The molecule has 0 aliphatic heterocycles. The Morgan fingerprint density at radius 1 is 0.966 bits per heavy atom. The van der Waals surface area contributed by atoms with Gasteiger partial charge in [-0.15, -0.1) is 6.58 Å². The Kier molecular flexibility index (Phi) is 6.56. The van der Waals surface area contributed by atoms with Crippen LogP contribution in [0.3, 0.4) is 0 Å². The number of allylic oxidation sites excluding steroid dienone is 2. The van der Waals surface area contributed by atoms with Crippen LogP contribution in [0.1, 0.15) is 49.7 Å². The van der Waals surface area contributed by atoms with Crippen LogP contribution >= 0.6 is 0 Å². The van der Waals surface area contributed by atoms with Gasteiger partial charge in [0.05, 0.1) is 10.9 Å². The zero-order chi connectivity index (χ0) is 21.1. The maximum Gasteiger partial charge on any atom is 0.170 e. The van der Waals surface area contributed by atoms with Crippen LogP contribution in [0.5, 0.6) is 0 Å². The molecule has 5 heteroatoms. The first-order valence-electron chi connectivity index (χ1n) is 9.78. The molecule has 3 rings (SSSR count). The first-order valence-corrected chi connectivity index (χ1v) is 9.78. The lowest BCUT2D eigenvalue weighted by atomic mass is 9.79. The molecule has 2 aromatic rings. The molecule has 0 spiro atoms. The predicted octanol–water partition coefficient (Wildman–Crippen LogP) is 8.28. The molecule has 0 saturated heterocycles. The highest BCUT2D eigenvalue weighted by Gasteiger charge is 2.29. The van der Waals surface area contributed by atoms with Crippen molar-refractivity contribution in [2.75, 3.05) is 0 Å². The minimum Gasteiger partial charge on any atom is -0.208 e. The van der Waals surface area contributed by atoms with E-state index < -0.39 is 46.0 Å². The minimum absolute atomic E-state index is 0.000964. The van der Waals surface area contributed by atoms with E-state index in [1.807, 2.05) is 6.08 Å². The Hall–Kier alpha value is -2.43. The lowest BCUT2D eigenvalue weighted by Gasteiger charge is -2.27. The van der Waals surface area contributed by atoms with Gasteiger partial charge in [0, 0.05) is 11.5 Å². The smallest absolute Gasteiger partial charge is 0.170 e. The van der Waals surface area contributed by atoms with Crippen molar-refractivity contribution in [1.29, 1.82) is 0 Å². The highest BCUT2D eigenvalue weighted by Crippen LogP contribution is 2.40. The zero-order valence-electron chi connectivity index (χ0n) is 16.1. The molecule has 154 valence electrons. The molecule has 0 atom stereocenters. The van der Waals surface area contributed by atoms with Crippen LogP contribution < -0.4 is 0 Å². The highest BCUT2D eigenvalue weighted by atomic mass is 19.2. The summed E-state index contributed by atoms with van der Waals surface area (Å²) in [6, 6.07) is 3.61. The van der Waals surface area contributed by atoms with Crippen LogP contribution in [0, 0.1) is 29.3 Å². The van der Waals surface area contributed by atoms with Crippen LogP contribution in [-0.2, 0) is 0 Å². The van der Waals surface area contributed by atoms with Crippen molar-refractivity contribution in [3.8, 4) is 0 Å². The summed E-state index contributed by atoms with van der Waals surface area (Å²) in [6.07, 6.45) is 7.27. The average molecular weight is 406 g/mol. The molecule has 29 heavy (non-hydrogen) atoms. The lowest BCUT2D eigenvalue weighted by Crippen LogP contribution is -2.15. The first kappa shape index (κ1) is 21.3. The van der Waals surface area contributed by atoms with Gasteiger partial charge in [-0.05, 0) is 55.9 Å². The van der Waals surface area contributed by atoms with Crippen molar-refractivity contribution in [3.63, 3.8) is 0 Å². The predicted molar refractivity (Wildman–Crippen MR) is 108 cm³/mol. The second-order valence-electron chi connectivity index (χ2n) is 7.57. The summed E-state index contributed by atoms with van der Waals surface area (Å²) >= 11 is 0. The number of benzene rings is 2. The van der Waals surface area contributed by atoms with Gasteiger partial charge in [0.15, 0.2) is 17.5 Å². The maximum atomic E-state index is 14.8. The molecule has 0 N–H and O–H groups in total. The first-order chi connectivity index (χ1) is 13.9. The van der Waals surface area contributed by atoms with Gasteiger partial charge in [0.2, 0.25) is 0 Å². The molecule has 1 aliphatic carbocycles. The molecule has 0 nitrogen and oxygen atoms in total. The van der Waals surface area contributed by atoms with E-state index in [9.17, 15) is 22.0 Å². The van der Waals surface area contributed by atoms with E-state index in [2.05, 4.69) is 13.2 Å². The molecule has 2 aromatic carbocycles. The molecular formula is C24H23F5. The van der Waals surface area contributed by atoms with Crippen LogP contribution in [0.15, 0.2) is 43.3 Å². The van der Waals surface area contributed by atoms with E-state index in [4.69, 9.17) is 0 Å². The molecule has 0 heterocycles. The third kappa shape index (κ3) is 4.14. The highest BCUT2D eigenvalue weighted by molar-refractivity contribution is 5.89.